The highest BCUT2D eigenvalue weighted by Crippen LogP contribution is 2.33. The summed E-state index contributed by atoms with van der Waals surface area (Å²) in [4.78, 5) is 12.4. The van der Waals surface area contributed by atoms with Gasteiger partial charge in [0.1, 0.15) is 18.3 Å². The fraction of sp³-hybridized carbons (Fsp3) is 0.350. The van der Waals surface area contributed by atoms with E-state index in [-0.39, 0.29) is 6.61 Å². The van der Waals surface area contributed by atoms with Gasteiger partial charge in [0.15, 0.2) is 12.4 Å². The highest BCUT2D eigenvalue weighted by Gasteiger charge is 2.47. The normalized spacial score (nSPS) is 31.0. The minimum Gasteiger partial charge on any atom is -0.453 e. The Hall–Kier alpha value is -2.25. The summed E-state index contributed by atoms with van der Waals surface area (Å²) >= 11 is 0. The zero-order chi connectivity index (χ0) is 17.9. The lowest BCUT2D eigenvalue weighted by atomic mass is 9.98. The number of aliphatic hydroxyl groups excluding tert-OH is 1. The number of fused-ring (bicyclic) bond motifs is 1. The van der Waals surface area contributed by atoms with Crippen LogP contribution in [0.2, 0.25) is 0 Å². The third-order valence-electron chi connectivity index (χ3n) is 4.57. The number of hydrogen-bond acceptors (Lipinski definition) is 6. The minimum atomic E-state index is -0.960. The Morgan fingerprint density at radius 3 is 2.38 bits per heavy atom. The van der Waals surface area contributed by atoms with Crippen molar-refractivity contribution in [2.75, 3.05) is 13.2 Å². The highest BCUT2D eigenvalue weighted by atomic mass is 16.7. The topological polar surface area (TPSA) is 74.2 Å². The first-order chi connectivity index (χ1) is 12.7. The van der Waals surface area contributed by atoms with Gasteiger partial charge >= 0.3 is 5.97 Å². The van der Waals surface area contributed by atoms with Crippen LogP contribution in [-0.4, -0.2) is 48.7 Å². The molecule has 136 valence electrons. The summed E-state index contributed by atoms with van der Waals surface area (Å²) in [5, 5.41) is 10.3. The second-order valence-electron chi connectivity index (χ2n) is 6.35. The number of aliphatic hydroxyl groups is 1. The van der Waals surface area contributed by atoms with E-state index in [2.05, 4.69) is 0 Å². The van der Waals surface area contributed by atoms with Crippen LogP contribution < -0.4 is 0 Å². The van der Waals surface area contributed by atoms with Crippen LogP contribution in [0.1, 0.15) is 22.2 Å². The number of benzene rings is 2. The summed E-state index contributed by atoms with van der Waals surface area (Å²) in [5.41, 5.74) is 1.29. The van der Waals surface area contributed by atoms with E-state index in [1.165, 1.54) is 0 Å². The summed E-state index contributed by atoms with van der Waals surface area (Å²) in [5.74, 6) is -0.498. The van der Waals surface area contributed by atoms with Gasteiger partial charge < -0.3 is 24.1 Å². The Balaban J connectivity index is 1.52. The molecule has 0 saturated carbocycles. The lowest BCUT2D eigenvalue weighted by Gasteiger charge is -2.44. The van der Waals surface area contributed by atoms with Crippen molar-refractivity contribution in [1.82, 2.24) is 0 Å². The average Bonchev–Trinajstić information content (AvgIpc) is 2.71. The molecule has 2 aromatic rings. The van der Waals surface area contributed by atoms with Crippen molar-refractivity contribution in [2.45, 2.75) is 30.7 Å². The molecule has 2 heterocycles. The van der Waals surface area contributed by atoms with Crippen LogP contribution in [-0.2, 0) is 18.9 Å². The summed E-state index contributed by atoms with van der Waals surface area (Å²) in [6.45, 7) is 0.368. The molecule has 2 aliphatic rings. The van der Waals surface area contributed by atoms with Gasteiger partial charge in [-0.15, -0.1) is 0 Å². The summed E-state index contributed by atoms with van der Waals surface area (Å²) in [6.07, 6.45) is -3.38. The van der Waals surface area contributed by atoms with Gasteiger partial charge in [0.2, 0.25) is 0 Å². The number of carbonyl (C=O) groups excluding carboxylic acids is 1. The van der Waals surface area contributed by atoms with Crippen molar-refractivity contribution in [3.63, 3.8) is 0 Å². The predicted molar refractivity (Wildman–Crippen MR) is 91.4 cm³/mol. The molecule has 0 amide bonds. The standard InChI is InChI=1S/C20H20O6/c21-15-11-23-16-12-24-20(14-9-5-2-6-10-14)26-18(16)17(15)25-19(22)13-7-3-1-4-8-13/h1-10,15-18,20-21H,11-12H2/t15-,16?,17?,18-,20?/m1/s1. The van der Waals surface area contributed by atoms with Crippen LogP contribution in [0.4, 0.5) is 0 Å². The van der Waals surface area contributed by atoms with Crippen LogP contribution >= 0.6 is 0 Å². The summed E-state index contributed by atoms with van der Waals surface area (Å²) in [7, 11) is 0. The fourth-order valence-corrected chi connectivity index (χ4v) is 3.21. The molecule has 2 aliphatic heterocycles. The van der Waals surface area contributed by atoms with Gasteiger partial charge in [0.25, 0.3) is 0 Å². The van der Waals surface area contributed by atoms with E-state index in [1.54, 1.807) is 24.3 Å². The van der Waals surface area contributed by atoms with Crippen molar-refractivity contribution in [1.29, 1.82) is 0 Å². The van der Waals surface area contributed by atoms with E-state index in [0.717, 1.165) is 5.56 Å². The number of esters is 1. The molecule has 5 atom stereocenters. The molecule has 6 nitrogen and oxygen atoms in total. The molecule has 0 aromatic heterocycles. The lowest BCUT2D eigenvalue weighted by Crippen LogP contribution is -2.59. The summed E-state index contributed by atoms with van der Waals surface area (Å²) in [6, 6.07) is 18.2. The van der Waals surface area contributed by atoms with E-state index in [4.69, 9.17) is 18.9 Å². The number of hydrogen-bond donors (Lipinski definition) is 1. The molecule has 2 fully saturated rings. The molecule has 3 unspecified atom stereocenters. The molecule has 2 saturated heterocycles. The number of carbonyl (C=O) groups is 1. The Bertz CT molecular complexity index is 734. The molecule has 2 aromatic carbocycles. The maximum Gasteiger partial charge on any atom is 0.338 e. The van der Waals surface area contributed by atoms with Gasteiger partial charge in [0, 0.05) is 5.56 Å². The van der Waals surface area contributed by atoms with E-state index in [1.807, 2.05) is 36.4 Å². The Morgan fingerprint density at radius 2 is 1.65 bits per heavy atom. The summed E-state index contributed by atoms with van der Waals surface area (Å²) < 4.78 is 22.9. The van der Waals surface area contributed by atoms with Crippen LogP contribution in [0.3, 0.4) is 0 Å². The van der Waals surface area contributed by atoms with Crippen LogP contribution in [0.25, 0.3) is 0 Å². The van der Waals surface area contributed by atoms with E-state index >= 15 is 0 Å². The van der Waals surface area contributed by atoms with E-state index < -0.39 is 36.7 Å². The van der Waals surface area contributed by atoms with Crippen LogP contribution in [0, 0.1) is 0 Å². The molecule has 0 radical (unpaired) electrons. The van der Waals surface area contributed by atoms with Crippen molar-refractivity contribution < 1.29 is 28.8 Å². The highest BCUT2D eigenvalue weighted by molar-refractivity contribution is 5.89. The van der Waals surface area contributed by atoms with E-state index in [9.17, 15) is 9.90 Å². The van der Waals surface area contributed by atoms with Crippen molar-refractivity contribution in [3.8, 4) is 0 Å². The zero-order valence-electron chi connectivity index (χ0n) is 14.1. The average molecular weight is 356 g/mol. The van der Waals surface area contributed by atoms with Gasteiger partial charge in [-0.2, -0.15) is 0 Å². The SMILES string of the molecule is O=C(OC1[C@@H]2OC(c3ccccc3)OCC2OC[C@H]1O)c1ccccc1. The smallest absolute Gasteiger partial charge is 0.338 e. The second kappa shape index (κ2) is 7.55. The third kappa shape index (κ3) is 3.50. The lowest BCUT2D eigenvalue weighted by molar-refractivity contribution is -0.313. The Kier molecular flexibility index (Phi) is 4.99. The zero-order valence-corrected chi connectivity index (χ0v) is 14.1. The van der Waals surface area contributed by atoms with E-state index in [0.29, 0.717) is 12.2 Å². The molecular weight excluding hydrogens is 336 g/mol. The monoisotopic (exact) mass is 356 g/mol. The first-order valence-corrected chi connectivity index (χ1v) is 8.60. The fourth-order valence-electron chi connectivity index (χ4n) is 3.21. The first kappa shape index (κ1) is 17.2. The largest absolute Gasteiger partial charge is 0.453 e. The molecule has 4 rings (SSSR count). The van der Waals surface area contributed by atoms with Gasteiger partial charge in [-0.05, 0) is 12.1 Å². The molecule has 1 N–H and O–H groups in total. The van der Waals surface area contributed by atoms with Gasteiger partial charge in [-0.25, -0.2) is 4.79 Å². The number of ether oxygens (including phenoxy) is 4. The molecular formula is C20H20O6. The van der Waals surface area contributed by atoms with Crippen LogP contribution in [0.5, 0.6) is 0 Å². The first-order valence-electron chi connectivity index (χ1n) is 8.60. The van der Waals surface area contributed by atoms with Crippen molar-refractivity contribution >= 4 is 5.97 Å². The molecule has 0 bridgehead atoms. The Morgan fingerprint density at radius 1 is 0.962 bits per heavy atom. The molecule has 0 aliphatic carbocycles. The van der Waals surface area contributed by atoms with Gasteiger partial charge in [0.05, 0.1) is 18.8 Å². The van der Waals surface area contributed by atoms with Crippen LogP contribution in [0.15, 0.2) is 60.7 Å². The van der Waals surface area contributed by atoms with Crippen molar-refractivity contribution in [2.24, 2.45) is 0 Å². The minimum absolute atomic E-state index is 0.0661. The second-order valence-corrected chi connectivity index (χ2v) is 6.35. The number of rotatable bonds is 3. The maximum absolute atomic E-state index is 12.4. The molecule has 6 heteroatoms. The Labute approximate surface area is 151 Å². The predicted octanol–water partition coefficient (Wildman–Crippen LogP) is 2.09. The third-order valence-corrected chi connectivity index (χ3v) is 4.57. The molecule has 0 spiro atoms. The van der Waals surface area contributed by atoms with Gasteiger partial charge in [-0.3, -0.25) is 0 Å². The molecule has 26 heavy (non-hydrogen) atoms. The quantitative estimate of drug-likeness (QED) is 0.849. The maximum atomic E-state index is 12.4. The van der Waals surface area contributed by atoms with Crippen molar-refractivity contribution in [3.05, 3.63) is 71.8 Å². The van der Waals surface area contributed by atoms with Gasteiger partial charge in [-0.1, -0.05) is 48.5 Å².